The van der Waals surface area contributed by atoms with Crippen molar-refractivity contribution < 1.29 is 22.8 Å². The van der Waals surface area contributed by atoms with Gasteiger partial charge in [0.2, 0.25) is 5.91 Å². The number of anilines is 1. The molecule has 2 unspecified atom stereocenters. The number of rotatable bonds is 2. The molecule has 1 fully saturated rings. The van der Waals surface area contributed by atoms with E-state index in [1.807, 2.05) is 0 Å². The number of halogens is 3. The number of hydrogen-bond donors (Lipinski definition) is 1. The van der Waals surface area contributed by atoms with Crippen molar-refractivity contribution in [2.24, 2.45) is 5.92 Å². The summed E-state index contributed by atoms with van der Waals surface area (Å²) in [5, 5.41) is 2.52. The Labute approximate surface area is 119 Å². The summed E-state index contributed by atoms with van der Waals surface area (Å²) in [6, 6.07) is -0.996. The molecule has 1 aromatic carbocycles. The summed E-state index contributed by atoms with van der Waals surface area (Å²) in [4.78, 5) is 25.1. The van der Waals surface area contributed by atoms with E-state index >= 15 is 0 Å². The topological polar surface area (TPSA) is 49.4 Å². The zero-order chi connectivity index (χ0) is 15.9. The molecule has 114 valence electrons. The van der Waals surface area contributed by atoms with Crippen LogP contribution in [0.15, 0.2) is 12.1 Å². The monoisotopic (exact) mass is 300 g/mol. The highest BCUT2D eigenvalue weighted by Crippen LogP contribution is 2.29. The highest BCUT2D eigenvalue weighted by Gasteiger charge is 2.42. The third kappa shape index (κ3) is 2.59. The van der Waals surface area contributed by atoms with Gasteiger partial charge in [-0.05, 0) is 12.8 Å². The van der Waals surface area contributed by atoms with Gasteiger partial charge in [0.05, 0.1) is 0 Å². The standard InChI is InChI=1S/C14H15F3N2O2/c1-6(2)11-14(21)19(7(3)13(20)18-11)12-9(16)4-8(15)5-10(12)17/h4-7,11H,1-3H3,(H,18,20). The van der Waals surface area contributed by atoms with E-state index < -0.39 is 47.0 Å². The lowest BCUT2D eigenvalue weighted by molar-refractivity contribution is -0.134. The molecular weight excluding hydrogens is 285 g/mol. The zero-order valence-electron chi connectivity index (χ0n) is 11.8. The minimum absolute atomic E-state index is 0.247. The van der Waals surface area contributed by atoms with Gasteiger partial charge in [0, 0.05) is 12.1 Å². The molecule has 0 radical (unpaired) electrons. The lowest BCUT2D eigenvalue weighted by Gasteiger charge is -2.38. The third-order valence-corrected chi connectivity index (χ3v) is 3.46. The van der Waals surface area contributed by atoms with E-state index in [1.165, 1.54) is 6.92 Å². The summed E-state index contributed by atoms with van der Waals surface area (Å²) >= 11 is 0. The molecule has 21 heavy (non-hydrogen) atoms. The van der Waals surface area contributed by atoms with E-state index in [4.69, 9.17) is 0 Å². The van der Waals surface area contributed by atoms with Crippen LogP contribution in [-0.2, 0) is 9.59 Å². The largest absolute Gasteiger partial charge is 0.342 e. The number of piperazine rings is 1. The highest BCUT2D eigenvalue weighted by molar-refractivity contribution is 6.08. The smallest absolute Gasteiger partial charge is 0.250 e. The third-order valence-electron chi connectivity index (χ3n) is 3.46. The van der Waals surface area contributed by atoms with Gasteiger partial charge in [-0.25, -0.2) is 13.2 Å². The quantitative estimate of drug-likeness (QED) is 0.908. The maximum absolute atomic E-state index is 13.9. The van der Waals surface area contributed by atoms with Crippen LogP contribution in [0.4, 0.5) is 18.9 Å². The fourth-order valence-corrected chi connectivity index (χ4v) is 2.31. The average molecular weight is 300 g/mol. The summed E-state index contributed by atoms with van der Waals surface area (Å²) in [7, 11) is 0. The molecule has 1 aromatic rings. The van der Waals surface area contributed by atoms with E-state index in [9.17, 15) is 22.8 Å². The number of nitrogens with one attached hydrogen (secondary N) is 1. The maximum atomic E-state index is 13.9. The molecular formula is C14H15F3N2O2. The summed E-state index contributed by atoms with van der Waals surface area (Å²) in [5.74, 6) is -4.91. The van der Waals surface area contributed by atoms with Crippen molar-refractivity contribution in [3.63, 3.8) is 0 Å². The van der Waals surface area contributed by atoms with Crippen LogP contribution in [-0.4, -0.2) is 23.9 Å². The second kappa shape index (κ2) is 5.38. The van der Waals surface area contributed by atoms with Crippen LogP contribution in [0.1, 0.15) is 20.8 Å². The fraction of sp³-hybridized carbons (Fsp3) is 0.429. The second-order valence-electron chi connectivity index (χ2n) is 5.33. The first kappa shape index (κ1) is 15.3. The van der Waals surface area contributed by atoms with E-state index in [-0.39, 0.29) is 5.92 Å². The first-order chi connectivity index (χ1) is 9.73. The molecule has 0 aromatic heterocycles. The van der Waals surface area contributed by atoms with Crippen molar-refractivity contribution in [1.82, 2.24) is 5.32 Å². The SMILES string of the molecule is CC(C)C1NC(=O)C(C)N(c2c(F)cc(F)cc2F)C1=O. The highest BCUT2D eigenvalue weighted by atomic mass is 19.1. The van der Waals surface area contributed by atoms with Crippen molar-refractivity contribution >= 4 is 17.5 Å². The average Bonchev–Trinajstić information content (AvgIpc) is 2.36. The molecule has 1 heterocycles. The van der Waals surface area contributed by atoms with Crippen LogP contribution in [0.25, 0.3) is 0 Å². The molecule has 1 aliphatic rings. The van der Waals surface area contributed by atoms with Gasteiger partial charge in [-0.15, -0.1) is 0 Å². The summed E-state index contributed by atoms with van der Waals surface area (Å²) in [6.45, 7) is 4.76. The van der Waals surface area contributed by atoms with Crippen molar-refractivity contribution in [3.8, 4) is 0 Å². The van der Waals surface area contributed by atoms with Gasteiger partial charge in [0.25, 0.3) is 5.91 Å². The predicted molar refractivity (Wildman–Crippen MR) is 70.0 cm³/mol. The van der Waals surface area contributed by atoms with Crippen LogP contribution >= 0.6 is 0 Å². The van der Waals surface area contributed by atoms with Gasteiger partial charge < -0.3 is 5.32 Å². The van der Waals surface area contributed by atoms with Gasteiger partial charge in [-0.1, -0.05) is 13.8 Å². The molecule has 1 saturated heterocycles. The van der Waals surface area contributed by atoms with Crippen LogP contribution in [0, 0.1) is 23.4 Å². The number of benzene rings is 1. The molecule has 2 atom stereocenters. The van der Waals surface area contributed by atoms with Gasteiger partial charge in [-0.2, -0.15) is 0 Å². The number of hydrogen-bond acceptors (Lipinski definition) is 2. The van der Waals surface area contributed by atoms with Crippen LogP contribution in [0.5, 0.6) is 0 Å². The minimum atomic E-state index is -1.22. The number of carbonyl (C=O) groups is 2. The molecule has 7 heteroatoms. The van der Waals surface area contributed by atoms with Gasteiger partial charge in [0.1, 0.15) is 23.6 Å². The molecule has 0 spiro atoms. The molecule has 2 amide bonds. The Morgan fingerprint density at radius 1 is 1.14 bits per heavy atom. The van der Waals surface area contributed by atoms with Crippen LogP contribution < -0.4 is 10.2 Å². The van der Waals surface area contributed by atoms with Crippen LogP contribution in [0.2, 0.25) is 0 Å². The Balaban J connectivity index is 2.54. The first-order valence-electron chi connectivity index (χ1n) is 6.52. The molecule has 0 saturated carbocycles. The van der Waals surface area contributed by atoms with Gasteiger partial charge in [-0.3, -0.25) is 14.5 Å². The Bertz CT molecular complexity index is 581. The Hall–Kier alpha value is -2.05. The number of nitrogens with zero attached hydrogens (tertiary/aromatic N) is 1. The van der Waals surface area contributed by atoms with Crippen molar-refractivity contribution in [2.75, 3.05) is 4.90 Å². The van der Waals surface area contributed by atoms with Crippen molar-refractivity contribution in [1.29, 1.82) is 0 Å². The summed E-state index contributed by atoms with van der Waals surface area (Å²) < 4.78 is 40.8. The van der Waals surface area contributed by atoms with E-state index in [0.717, 1.165) is 4.90 Å². The Kier molecular flexibility index (Phi) is 3.93. The molecule has 1 aliphatic heterocycles. The summed E-state index contributed by atoms with van der Waals surface area (Å²) in [6.07, 6.45) is 0. The Morgan fingerprint density at radius 2 is 1.67 bits per heavy atom. The lowest BCUT2D eigenvalue weighted by atomic mass is 9.97. The van der Waals surface area contributed by atoms with Gasteiger partial charge >= 0.3 is 0 Å². The van der Waals surface area contributed by atoms with Crippen molar-refractivity contribution in [3.05, 3.63) is 29.6 Å². The summed E-state index contributed by atoms with van der Waals surface area (Å²) in [5.41, 5.74) is -0.700. The van der Waals surface area contributed by atoms with E-state index in [0.29, 0.717) is 12.1 Å². The number of amides is 2. The molecule has 0 bridgehead atoms. The fourth-order valence-electron chi connectivity index (χ4n) is 2.31. The Morgan fingerprint density at radius 3 is 2.14 bits per heavy atom. The number of carbonyl (C=O) groups excluding carboxylic acids is 2. The normalized spacial score (nSPS) is 22.7. The maximum Gasteiger partial charge on any atom is 0.250 e. The van der Waals surface area contributed by atoms with E-state index in [2.05, 4.69) is 5.32 Å². The van der Waals surface area contributed by atoms with Gasteiger partial charge in [0.15, 0.2) is 11.6 Å². The predicted octanol–water partition coefficient (Wildman–Crippen LogP) is 1.98. The first-order valence-corrected chi connectivity index (χ1v) is 6.52. The second-order valence-corrected chi connectivity index (χ2v) is 5.33. The lowest BCUT2D eigenvalue weighted by Crippen LogP contribution is -2.64. The molecule has 0 aliphatic carbocycles. The van der Waals surface area contributed by atoms with E-state index in [1.54, 1.807) is 13.8 Å². The zero-order valence-corrected chi connectivity index (χ0v) is 11.8. The molecule has 1 N–H and O–H groups in total. The van der Waals surface area contributed by atoms with Crippen molar-refractivity contribution in [2.45, 2.75) is 32.9 Å². The molecule has 2 rings (SSSR count). The molecule has 4 nitrogen and oxygen atoms in total. The minimum Gasteiger partial charge on any atom is -0.342 e. The van der Waals surface area contributed by atoms with Crippen LogP contribution in [0.3, 0.4) is 0 Å².